The van der Waals surface area contributed by atoms with E-state index in [1.165, 1.54) is 18.5 Å². The molecule has 0 spiro atoms. The van der Waals surface area contributed by atoms with Crippen molar-refractivity contribution < 1.29 is 23.1 Å². The van der Waals surface area contributed by atoms with E-state index in [9.17, 15) is 13.2 Å². The van der Waals surface area contributed by atoms with E-state index in [0.717, 1.165) is 0 Å². The Bertz CT molecular complexity index is 566. The molecule has 2 rings (SSSR count). The first kappa shape index (κ1) is 13.8. The Morgan fingerprint density at radius 3 is 2.74 bits per heavy atom. The van der Waals surface area contributed by atoms with E-state index in [0.29, 0.717) is 26.1 Å². The molecule has 1 aliphatic rings. The van der Waals surface area contributed by atoms with E-state index in [-0.39, 0.29) is 11.3 Å². The molecule has 1 aliphatic heterocycles. The van der Waals surface area contributed by atoms with Gasteiger partial charge in [0.2, 0.25) is 10.0 Å². The van der Waals surface area contributed by atoms with E-state index in [4.69, 9.17) is 9.84 Å². The summed E-state index contributed by atoms with van der Waals surface area (Å²) in [4.78, 5) is 14.7. The first-order valence-electron chi connectivity index (χ1n) is 5.77. The van der Waals surface area contributed by atoms with E-state index < -0.39 is 21.2 Å². The largest absolute Gasteiger partial charge is 0.478 e. The van der Waals surface area contributed by atoms with Crippen molar-refractivity contribution in [2.75, 3.05) is 17.9 Å². The van der Waals surface area contributed by atoms with E-state index in [2.05, 4.69) is 9.71 Å². The molecule has 0 bridgehead atoms. The summed E-state index contributed by atoms with van der Waals surface area (Å²) < 4.78 is 31.7. The molecule has 8 heteroatoms. The Kier molecular flexibility index (Phi) is 4.01. The number of sulfonamides is 1. The lowest BCUT2D eigenvalue weighted by Crippen LogP contribution is -2.33. The van der Waals surface area contributed by atoms with E-state index >= 15 is 0 Å². The number of nitrogens with one attached hydrogen (secondary N) is 1. The van der Waals surface area contributed by atoms with Crippen LogP contribution in [0.4, 0.5) is 5.69 Å². The van der Waals surface area contributed by atoms with Gasteiger partial charge in [-0.15, -0.1) is 0 Å². The van der Waals surface area contributed by atoms with Crippen LogP contribution < -0.4 is 4.72 Å². The number of aromatic carboxylic acids is 1. The van der Waals surface area contributed by atoms with Gasteiger partial charge in [0.25, 0.3) is 0 Å². The van der Waals surface area contributed by atoms with Crippen molar-refractivity contribution >= 4 is 21.7 Å². The molecule has 2 heterocycles. The molecule has 0 aliphatic carbocycles. The van der Waals surface area contributed by atoms with Gasteiger partial charge >= 0.3 is 5.97 Å². The smallest absolute Gasteiger partial charge is 0.337 e. The molecule has 104 valence electrons. The number of carboxylic acid groups (broad SMARTS) is 1. The van der Waals surface area contributed by atoms with Gasteiger partial charge in [-0.25, -0.2) is 13.2 Å². The van der Waals surface area contributed by atoms with Crippen molar-refractivity contribution in [3.05, 3.63) is 24.0 Å². The van der Waals surface area contributed by atoms with Gasteiger partial charge in [0.1, 0.15) is 0 Å². The number of pyridine rings is 1. The predicted octanol–water partition coefficient (Wildman–Crippen LogP) is 0.700. The molecule has 19 heavy (non-hydrogen) atoms. The van der Waals surface area contributed by atoms with Gasteiger partial charge in [0.15, 0.2) is 0 Å². The van der Waals surface area contributed by atoms with Gasteiger partial charge in [-0.2, -0.15) is 0 Å². The maximum Gasteiger partial charge on any atom is 0.337 e. The van der Waals surface area contributed by atoms with Gasteiger partial charge in [0.05, 0.1) is 22.7 Å². The molecular weight excluding hydrogens is 272 g/mol. The van der Waals surface area contributed by atoms with Crippen molar-refractivity contribution in [1.29, 1.82) is 0 Å². The lowest BCUT2D eigenvalue weighted by Gasteiger charge is -2.23. The minimum atomic E-state index is -3.63. The third kappa shape index (κ3) is 3.21. The third-order valence-electron chi connectivity index (χ3n) is 2.91. The van der Waals surface area contributed by atoms with Crippen LogP contribution in [0.3, 0.4) is 0 Å². The topological polar surface area (TPSA) is 106 Å². The Hall–Kier alpha value is -1.67. The van der Waals surface area contributed by atoms with E-state index in [1.807, 2.05) is 0 Å². The third-order valence-corrected chi connectivity index (χ3v) is 4.76. The molecule has 2 N–H and O–H groups in total. The van der Waals surface area contributed by atoms with E-state index in [1.54, 1.807) is 0 Å². The number of aromatic nitrogens is 1. The zero-order valence-corrected chi connectivity index (χ0v) is 10.9. The lowest BCUT2D eigenvalue weighted by molar-refractivity contribution is 0.0698. The molecule has 1 fully saturated rings. The highest BCUT2D eigenvalue weighted by atomic mass is 32.2. The number of carboxylic acids is 1. The molecular formula is C11H14N2O5S. The molecule has 1 saturated heterocycles. The molecule has 0 aromatic carbocycles. The second-order valence-corrected chi connectivity index (χ2v) is 6.15. The number of rotatable bonds is 4. The normalized spacial score (nSPS) is 17.1. The molecule has 1 aromatic heterocycles. The summed E-state index contributed by atoms with van der Waals surface area (Å²) in [7, 11) is -3.63. The minimum absolute atomic E-state index is 0.0125. The minimum Gasteiger partial charge on any atom is -0.478 e. The van der Waals surface area contributed by atoms with Crippen molar-refractivity contribution in [2.45, 2.75) is 18.1 Å². The molecule has 0 saturated carbocycles. The predicted molar refractivity (Wildman–Crippen MR) is 67.6 cm³/mol. The quantitative estimate of drug-likeness (QED) is 0.844. The standard InChI is InChI=1S/C11H14N2O5S/c14-11(15)9-1-4-12-7-10(9)13-19(16,17)8-2-5-18-6-3-8/h1,4,7-8,13H,2-3,5-6H2,(H,14,15). The van der Waals surface area contributed by atoms with Crippen molar-refractivity contribution in [2.24, 2.45) is 0 Å². The summed E-state index contributed by atoms with van der Waals surface area (Å²) >= 11 is 0. The summed E-state index contributed by atoms with van der Waals surface area (Å²) in [5.74, 6) is -1.20. The van der Waals surface area contributed by atoms with Gasteiger partial charge in [-0.05, 0) is 18.9 Å². The van der Waals surface area contributed by atoms with Crippen LogP contribution in [0, 0.1) is 0 Å². The Morgan fingerprint density at radius 2 is 2.11 bits per heavy atom. The summed E-state index contributed by atoms with van der Waals surface area (Å²) in [6, 6.07) is 1.25. The number of nitrogens with zero attached hydrogens (tertiary/aromatic N) is 1. The van der Waals surface area contributed by atoms with Crippen molar-refractivity contribution in [3.8, 4) is 0 Å². The van der Waals surface area contributed by atoms with Crippen LogP contribution in [0.5, 0.6) is 0 Å². The zero-order valence-electron chi connectivity index (χ0n) is 10.1. The lowest BCUT2D eigenvalue weighted by atomic mass is 10.2. The maximum atomic E-state index is 12.1. The van der Waals surface area contributed by atoms with Crippen molar-refractivity contribution in [3.63, 3.8) is 0 Å². The first-order chi connectivity index (χ1) is 9.00. The Labute approximate surface area is 110 Å². The second-order valence-electron chi connectivity index (χ2n) is 4.19. The average Bonchev–Trinajstić information content (AvgIpc) is 2.39. The van der Waals surface area contributed by atoms with Crippen LogP contribution >= 0.6 is 0 Å². The van der Waals surface area contributed by atoms with Crippen LogP contribution in [-0.4, -0.2) is 42.9 Å². The highest BCUT2D eigenvalue weighted by Gasteiger charge is 2.28. The summed E-state index contributed by atoms with van der Waals surface area (Å²) in [6.45, 7) is 0.787. The fourth-order valence-electron chi connectivity index (χ4n) is 1.89. The fraction of sp³-hybridized carbons (Fsp3) is 0.455. The Balaban J connectivity index is 2.22. The number of hydrogen-bond acceptors (Lipinski definition) is 5. The molecule has 0 atom stereocenters. The first-order valence-corrected chi connectivity index (χ1v) is 7.32. The van der Waals surface area contributed by atoms with Crippen LogP contribution in [0.1, 0.15) is 23.2 Å². The number of ether oxygens (including phenoxy) is 1. The highest BCUT2D eigenvalue weighted by Crippen LogP contribution is 2.21. The fourth-order valence-corrected chi connectivity index (χ4v) is 3.33. The van der Waals surface area contributed by atoms with Crippen LogP contribution in [0.2, 0.25) is 0 Å². The Morgan fingerprint density at radius 1 is 1.42 bits per heavy atom. The zero-order chi connectivity index (χ0) is 13.9. The summed E-state index contributed by atoms with van der Waals surface area (Å²) in [5, 5.41) is 8.42. The summed E-state index contributed by atoms with van der Waals surface area (Å²) in [6.07, 6.45) is 3.30. The van der Waals surface area contributed by atoms with Gasteiger partial charge in [0, 0.05) is 19.4 Å². The number of carbonyl (C=O) groups is 1. The molecule has 0 unspecified atom stereocenters. The van der Waals surface area contributed by atoms with Crippen LogP contribution in [-0.2, 0) is 14.8 Å². The maximum absolute atomic E-state index is 12.1. The summed E-state index contributed by atoms with van der Waals surface area (Å²) in [5.41, 5.74) is -0.132. The molecule has 7 nitrogen and oxygen atoms in total. The van der Waals surface area contributed by atoms with Crippen LogP contribution in [0.25, 0.3) is 0 Å². The monoisotopic (exact) mass is 286 g/mol. The average molecular weight is 286 g/mol. The second kappa shape index (κ2) is 5.54. The number of hydrogen-bond donors (Lipinski definition) is 2. The highest BCUT2D eigenvalue weighted by molar-refractivity contribution is 7.93. The van der Waals surface area contributed by atoms with Gasteiger partial charge < -0.3 is 9.84 Å². The van der Waals surface area contributed by atoms with Crippen LogP contribution in [0.15, 0.2) is 18.5 Å². The SMILES string of the molecule is O=C(O)c1ccncc1NS(=O)(=O)C1CCOCC1. The molecule has 1 aromatic rings. The molecule has 0 amide bonds. The molecule has 0 radical (unpaired) electrons. The van der Waals surface area contributed by atoms with Gasteiger partial charge in [-0.1, -0.05) is 0 Å². The number of anilines is 1. The van der Waals surface area contributed by atoms with Crippen molar-refractivity contribution in [1.82, 2.24) is 4.98 Å². The van der Waals surface area contributed by atoms with Gasteiger partial charge in [-0.3, -0.25) is 9.71 Å².